The van der Waals surface area contributed by atoms with Crippen LogP contribution >= 0.6 is 26.0 Å². The summed E-state index contributed by atoms with van der Waals surface area (Å²) in [5, 5.41) is 11.3. The van der Waals surface area contributed by atoms with Crippen molar-refractivity contribution in [3.63, 3.8) is 0 Å². The van der Waals surface area contributed by atoms with Crippen LogP contribution in [-0.2, 0) is 41.2 Å². The maximum absolute atomic E-state index is 16.1. The number of aliphatic hydroxyl groups excluding tert-OH is 1. The summed E-state index contributed by atoms with van der Waals surface area (Å²) in [5.74, 6) is 0.363. The van der Waals surface area contributed by atoms with Crippen LogP contribution < -0.4 is 11.5 Å². The average molecular weight is 692 g/mol. The number of hydrogen-bond acceptors (Lipinski definition) is 18. The van der Waals surface area contributed by atoms with Gasteiger partial charge in [-0.3, -0.25) is 31.8 Å². The van der Waals surface area contributed by atoms with E-state index in [0.29, 0.717) is 11.2 Å². The number of aliphatic imine (C=N–C) groups is 1. The second-order valence-corrected chi connectivity index (χ2v) is 16.2. The molecule has 3 aromatic heterocycles. The minimum absolute atomic E-state index is 0.114. The van der Waals surface area contributed by atoms with E-state index in [4.69, 9.17) is 43.6 Å². The van der Waals surface area contributed by atoms with Crippen molar-refractivity contribution in [2.24, 2.45) is 16.5 Å². The molecule has 244 valence electrons. The van der Waals surface area contributed by atoms with E-state index in [9.17, 15) is 14.2 Å². The van der Waals surface area contributed by atoms with Gasteiger partial charge in [0, 0.05) is 7.11 Å². The Morgan fingerprint density at radius 2 is 1.82 bits per heavy atom. The number of rotatable bonds is 4. The van der Waals surface area contributed by atoms with E-state index < -0.39 is 83.0 Å². The molecule has 0 aromatic carbocycles. The van der Waals surface area contributed by atoms with Gasteiger partial charge in [0.2, 0.25) is 0 Å². The van der Waals surface area contributed by atoms with Gasteiger partial charge < -0.3 is 26.0 Å². The van der Waals surface area contributed by atoms with E-state index in [1.54, 1.807) is 0 Å². The normalized spacial score (nSPS) is 40.4. The molecule has 3 fully saturated rings. The van der Waals surface area contributed by atoms with E-state index in [0.717, 1.165) is 18.5 Å². The zero-order chi connectivity index (χ0) is 31.7. The van der Waals surface area contributed by atoms with Crippen LogP contribution in [0.3, 0.4) is 0 Å². The molecule has 3 saturated heterocycles. The van der Waals surface area contributed by atoms with Gasteiger partial charge in [-0.15, -0.1) is 0 Å². The SMILES string of the molecule is COP1(=O)OCC2OC(n3cnc4c3N=C(N)C4N)C(OP(=O)(SC)OCC3OC(n4cnc5cncnc54)C(F)C3O1)C2O. The number of nitrogens with zero attached hydrogens (tertiary/aromatic N) is 7. The Kier molecular flexibility index (Phi) is 8.11. The van der Waals surface area contributed by atoms with Gasteiger partial charge in [0.25, 0.3) is 0 Å². The molecule has 0 amide bonds. The van der Waals surface area contributed by atoms with Crippen molar-refractivity contribution in [1.82, 2.24) is 29.1 Å². The first-order valence-corrected chi connectivity index (χ1v) is 18.3. The highest BCUT2D eigenvalue weighted by Crippen LogP contribution is 2.63. The van der Waals surface area contributed by atoms with Crippen LogP contribution in [0.25, 0.3) is 11.2 Å². The third-order valence-electron chi connectivity index (χ3n) is 7.75. The molecule has 4 aliphatic rings. The lowest BCUT2D eigenvalue weighted by Gasteiger charge is -2.27. The van der Waals surface area contributed by atoms with Gasteiger partial charge in [0.1, 0.15) is 59.9 Å². The fourth-order valence-corrected chi connectivity index (χ4v) is 8.74. The molecular weight excluding hydrogens is 663 g/mol. The van der Waals surface area contributed by atoms with Crippen LogP contribution in [0.5, 0.6) is 0 Å². The van der Waals surface area contributed by atoms with Crippen molar-refractivity contribution in [1.29, 1.82) is 0 Å². The highest BCUT2D eigenvalue weighted by molar-refractivity contribution is 8.54. The van der Waals surface area contributed by atoms with Gasteiger partial charge in [-0.05, 0) is 17.6 Å². The van der Waals surface area contributed by atoms with Crippen LogP contribution in [-0.4, -0.2) is 103 Å². The molecule has 0 spiro atoms. The lowest BCUT2D eigenvalue weighted by Crippen LogP contribution is -2.35. The van der Waals surface area contributed by atoms with Crippen molar-refractivity contribution in [3.05, 3.63) is 30.9 Å². The smallest absolute Gasteiger partial charge is 0.387 e. The average Bonchev–Trinajstić information content (AvgIpc) is 3.83. The first-order chi connectivity index (χ1) is 21.5. The number of ether oxygens (including phenoxy) is 2. The summed E-state index contributed by atoms with van der Waals surface area (Å²) < 4.78 is 86.4. The second-order valence-electron chi connectivity index (χ2n) is 10.3. The summed E-state index contributed by atoms with van der Waals surface area (Å²) >= 11 is 0.728. The molecule has 3 aromatic rings. The molecule has 23 heteroatoms. The van der Waals surface area contributed by atoms with Gasteiger partial charge in [-0.2, -0.15) is 0 Å². The van der Waals surface area contributed by atoms with Crippen molar-refractivity contribution in [3.8, 4) is 0 Å². The number of phosphoric ester groups is 1. The number of aliphatic hydroxyl groups is 1. The number of amidine groups is 1. The number of alkyl halides is 1. The van der Waals surface area contributed by atoms with E-state index >= 15 is 4.39 Å². The van der Waals surface area contributed by atoms with Gasteiger partial charge in [-0.25, -0.2) is 38.4 Å². The van der Waals surface area contributed by atoms with Crippen LogP contribution in [0.4, 0.5) is 10.2 Å². The van der Waals surface area contributed by atoms with Gasteiger partial charge in [-0.1, -0.05) is 0 Å². The monoisotopic (exact) mass is 691 g/mol. The van der Waals surface area contributed by atoms with Crippen molar-refractivity contribution in [2.75, 3.05) is 26.6 Å². The summed E-state index contributed by atoms with van der Waals surface area (Å²) in [6.07, 6.45) is -4.70. The number of hydrogen-bond donors (Lipinski definition) is 3. The summed E-state index contributed by atoms with van der Waals surface area (Å²) in [6, 6.07) is -0.760. The number of halogens is 1. The van der Waals surface area contributed by atoms with Gasteiger partial charge in [0.05, 0.1) is 32.1 Å². The van der Waals surface area contributed by atoms with Crippen LogP contribution in [0.1, 0.15) is 24.2 Å². The second kappa shape index (κ2) is 11.7. The predicted octanol–water partition coefficient (Wildman–Crippen LogP) is 1.26. The lowest BCUT2D eigenvalue weighted by molar-refractivity contribution is -0.0634. The van der Waals surface area contributed by atoms with E-state index in [1.165, 1.54) is 40.6 Å². The molecule has 11 atom stereocenters. The summed E-state index contributed by atoms with van der Waals surface area (Å²) in [7, 11) is -3.48. The Morgan fingerprint density at radius 3 is 2.60 bits per heavy atom. The fraction of sp³-hybridized carbons (Fsp3) is 0.591. The number of fused-ring (bicyclic) bond motifs is 5. The molecular formula is C22H28FN9O10P2S. The van der Waals surface area contributed by atoms with Crippen molar-refractivity contribution < 1.29 is 50.7 Å². The van der Waals surface area contributed by atoms with Crippen molar-refractivity contribution >= 4 is 48.8 Å². The molecule has 0 aliphatic carbocycles. The molecule has 45 heavy (non-hydrogen) atoms. The molecule has 5 N–H and O–H groups in total. The number of aromatic nitrogens is 6. The Bertz CT molecular complexity index is 1730. The predicted molar refractivity (Wildman–Crippen MR) is 152 cm³/mol. The van der Waals surface area contributed by atoms with Crippen LogP contribution in [0.15, 0.2) is 30.2 Å². The Labute approximate surface area is 257 Å². The molecule has 7 heterocycles. The Morgan fingerprint density at radius 1 is 1.07 bits per heavy atom. The zero-order valence-electron chi connectivity index (χ0n) is 23.5. The first kappa shape index (κ1) is 31.2. The van der Waals surface area contributed by atoms with E-state index in [1.807, 2.05) is 0 Å². The number of nitrogens with two attached hydrogens (primary N) is 2. The van der Waals surface area contributed by atoms with Crippen LogP contribution in [0, 0.1) is 0 Å². The van der Waals surface area contributed by atoms with Gasteiger partial charge >= 0.3 is 14.6 Å². The maximum atomic E-state index is 16.1. The third-order valence-corrected chi connectivity index (χ3v) is 12.5. The van der Waals surface area contributed by atoms with Crippen molar-refractivity contribution in [2.45, 2.75) is 55.2 Å². The molecule has 2 bridgehead atoms. The minimum atomic E-state index is -4.53. The number of imidazole rings is 2. The van der Waals surface area contributed by atoms with E-state index in [2.05, 4.69) is 24.9 Å². The molecule has 4 aliphatic heterocycles. The van der Waals surface area contributed by atoms with E-state index in [-0.39, 0.29) is 17.3 Å². The molecule has 11 unspecified atom stereocenters. The maximum Gasteiger partial charge on any atom is 0.475 e. The third kappa shape index (κ3) is 5.34. The largest absolute Gasteiger partial charge is 0.475 e. The number of phosphoric acid groups is 1. The molecule has 7 rings (SSSR count). The molecule has 0 radical (unpaired) electrons. The minimum Gasteiger partial charge on any atom is -0.387 e. The summed E-state index contributed by atoms with van der Waals surface area (Å²) in [4.78, 5) is 20.7. The summed E-state index contributed by atoms with van der Waals surface area (Å²) in [5.41, 5.74) is 13.0. The summed E-state index contributed by atoms with van der Waals surface area (Å²) in [6.45, 7) is -5.26. The Hall–Kier alpha value is -2.39. The lowest BCUT2D eigenvalue weighted by atomic mass is 10.1. The first-order valence-electron chi connectivity index (χ1n) is 13.4. The highest BCUT2D eigenvalue weighted by atomic mass is 32.7. The zero-order valence-corrected chi connectivity index (χ0v) is 26.1. The molecule has 19 nitrogen and oxygen atoms in total. The standard InChI is InChI=1S/C22H28FN9O10P2S/c1-36-43(34)37-4-10-15(33)17(22(39-10)32-8-29-14-13(24)18(25)30-20(14)32)42-44(35,45-2)38-5-11-16(41-43)12(23)21(40-11)31-7-28-9-3-26-6-27-19(9)31/h3,6-8,10-13,15-17,21-22,33H,4-5,24H2,1-2H3,(H2,25,30). The van der Waals surface area contributed by atoms with Gasteiger partial charge in [0.15, 0.2) is 30.1 Å². The quantitative estimate of drug-likeness (QED) is 0.326. The topological polar surface area (TPSA) is 245 Å². The molecule has 0 saturated carbocycles. The van der Waals surface area contributed by atoms with Crippen LogP contribution in [0.2, 0.25) is 0 Å². The highest BCUT2D eigenvalue weighted by Gasteiger charge is 2.55. The Balaban J connectivity index is 1.22. The fourth-order valence-electron chi connectivity index (χ4n) is 5.44.